The van der Waals surface area contributed by atoms with Gasteiger partial charge in [0.2, 0.25) is 5.91 Å². The lowest BCUT2D eigenvalue weighted by Gasteiger charge is -2.16. The maximum atomic E-state index is 12.6. The zero-order chi connectivity index (χ0) is 16.7. The van der Waals surface area contributed by atoms with E-state index in [9.17, 15) is 4.79 Å². The molecular weight excluding hydrogens is 286 g/mol. The predicted octanol–water partition coefficient (Wildman–Crippen LogP) is 3.44. The summed E-state index contributed by atoms with van der Waals surface area (Å²) in [5, 5.41) is 4.99. The minimum absolute atomic E-state index is 0.132. The van der Waals surface area contributed by atoms with Crippen LogP contribution in [0.5, 0.6) is 0 Å². The number of nitrogens with one attached hydrogen (secondary N) is 1. The second-order valence-electron chi connectivity index (χ2n) is 5.12. The van der Waals surface area contributed by atoms with E-state index in [0.29, 0.717) is 0 Å². The number of hydrogen-bond acceptors (Lipinski definition) is 3. The Labute approximate surface area is 136 Å². The number of fused-ring (bicyclic) bond motifs is 1. The first-order valence-electron chi connectivity index (χ1n) is 7.49. The Morgan fingerprint density at radius 1 is 1.39 bits per heavy atom. The van der Waals surface area contributed by atoms with Crippen molar-refractivity contribution in [1.29, 1.82) is 0 Å². The number of allylic oxidation sites excluding steroid dienone is 4. The van der Waals surface area contributed by atoms with Crippen LogP contribution in [-0.2, 0) is 4.79 Å². The summed E-state index contributed by atoms with van der Waals surface area (Å²) in [6.45, 7) is 5.82. The molecule has 0 aliphatic carbocycles. The van der Waals surface area contributed by atoms with Gasteiger partial charge in [-0.05, 0) is 36.1 Å². The average molecular weight is 307 g/mol. The maximum absolute atomic E-state index is 12.6. The van der Waals surface area contributed by atoms with Crippen molar-refractivity contribution in [3.05, 3.63) is 73.1 Å². The smallest absolute Gasteiger partial charge is 0.233 e. The fourth-order valence-corrected chi connectivity index (χ4v) is 2.40. The van der Waals surface area contributed by atoms with Crippen LogP contribution in [0.1, 0.15) is 6.92 Å². The first-order chi connectivity index (χ1) is 11.2. The number of carbonyl (C=O) groups excluding carboxylic acids is 1. The van der Waals surface area contributed by atoms with Crippen LogP contribution in [0.25, 0.3) is 10.8 Å². The van der Waals surface area contributed by atoms with E-state index in [1.807, 2.05) is 49.4 Å². The molecule has 2 rings (SSSR count). The third kappa shape index (κ3) is 4.14. The zero-order valence-electron chi connectivity index (χ0n) is 13.2. The molecule has 0 bridgehead atoms. The minimum atomic E-state index is -0.419. The lowest BCUT2D eigenvalue weighted by atomic mass is 9.97. The molecule has 4 heteroatoms. The summed E-state index contributed by atoms with van der Waals surface area (Å²) in [5.74, 6) is -0.551. The molecule has 1 aromatic carbocycles. The summed E-state index contributed by atoms with van der Waals surface area (Å²) in [5.41, 5.74) is 7.38. The van der Waals surface area contributed by atoms with Gasteiger partial charge in [-0.25, -0.2) is 0 Å². The number of rotatable bonds is 6. The van der Waals surface area contributed by atoms with Crippen molar-refractivity contribution in [2.45, 2.75) is 6.92 Å². The lowest BCUT2D eigenvalue weighted by molar-refractivity contribution is -0.118. The van der Waals surface area contributed by atoms with Crippen LogP contribution in [0, 0.1) is 5.92 Å². The van der Waals surface area contributed by atoms with Crippen molar-refractivity contribution in [2.75, 3.05) is 11.9 Å². The van der Waals surface area contributed by atoms with Gasteiger partial charge in [0.15, 0.2) is 0 Å². The molecule has 2 aromatic rings. The number of carbonyl (C=O) groups is 1. The van der Waals surface area contributed by atoms with E-state index in [2.05, 4.69) is 16.9 Å². The largest absolute Gasteiger partial charge is 0.329 e. The normalized spacial score (nSPS) is 13.2. The Hall–Kier alpha value is -2.72. The lowest BCUT2D eigenvalue weighted by Crippen LogP contribution is -2.30. The second-order valence-corrected chi connectivity index (χ2v) is 5.12. The molecule has 4 nitrogen and oxygen atoms in total. The highest BCUT2D eigenvalue weighted by atomic mass is 16.1. The Morgan fingerprint density at radius 3 is 2.91 bits per heavy atom. The molecule has 0 saturated carbocycles. The Kier molecular flexibility index (Phi) is 5.83. The molecule has 1 amide bonds. The van der Waals surface area contributed by atoms with E-state index in [-0.39, 0.29) is 12.5 Å². The number of anilines is 1. The summed E-state index contributed by atoms with van der Waals surface area (Å²) >= 11 is 0. The van der Waals surface area contributed by atoms with E-state index in [0.717, 1.165) is 22.0 Å². The molecule has 118 valence electrons. The molecular formula is C19H21N3O. The van der Waals surface area contributed by atoms with Crippen molar-refractivity contribution < 1.29 is 4.79 Å². The van der Waals surface area contributed by atoms with E-state index in [4.69, 9.17) is 5.73 Å². The number of hydrogen-bond donors (Lipinski definition) is 2. The van der Waals surface area contributed by atoms with E-state index >= 15 is 0 Å². The van der Waals surface area contributed by atoms with Gasteiger partial charge >= 0.3 is 0 Å². The van der Waals surface area contributed by atoms with E-state index in [1.54, 1.807) is 18.5 Å². The highest BCUT2D eigenvalue weighted by Crippen LogP contribution is 2.20. The van der Waals surface area contributed by atoms with Crippen molar-refractivity contribution in [2.24, 2.45) is 11.7 Å². The molecule has 0 aliphatic rings. The van der Waals surface area contributed by atoms with Crippen LogP contribution < -0.4 is 11.1 Å². The Bertz CT molecular complexity index is 762. The van der Waals surface area contributed by atoms with E-state index in [1.165, 1.54) is 0 Å². The number of amides is 1. The first kappa shape index (κ1) is 16.6. The molecule has 0 aliphatic heterocycles. The molecule has 0 saturated heterocycles. The van der Waals surface area contributed by atoms with Gasteiger partial charge in [0.05, 0.1) is 5.92 Å². The predicted molar refractivity (Wildman–Crippen MR) is 96.0 cm³/mol. The summed E-state index contributed by atoms with van der Waals surface area (Å²) in [7, 11) is 0. The van der Waals surface area contributed by atoms with Crippen LogP contribution in [0.4, 0.5) is 5.69 Å². The zero-order valence-corrected chi connectivity index (χ0v) is 13.2. The van der Waals surface area contributed by atoms with Gasteiger partial charge in [0, 0.05) is 30.0 Å². The quantitative estimate of drug-likeness (QED) is 0.803. The fourth-order valence-electron chi connectivity index (χ4n) is 2.40. The number of pyridine rings is 1. The second kappa shape index (κ2) is 8.06. The average Bonchev–Trinajstić information content (AvgIpc) is 2.56. The van der Waals surface area contributed by atoms with Crippen molar-refractivity contribution in [3.63, 3.8) is 0 Å². The Morgan fingerprint density at radius 2 is 2.22 bits per heavy atom. The molecule has 0 radical (unpaired) electrons. The van der Waals surface area contributed by atoms with Gasteiger partial charge in [-0.2, -0.15) is 0 Å². The fraction of sp³-hybridized carbons (Fsp3) is 0.158. The van der Waals surface area contributed by atoms with E-state index < -0.39 is 5.92 Å². The first-order valence-corrected chi connectivity index (χ1v) is 7.49. The summed E-state index contributed by atoms with van der Waals surface area (Å²) < 4.78 is 0. The third-order valence-corrected chi connectivity index (χ3v) is 3.53. The van der Waals surface area contributed by atoms with Crippen LogP contribution in [0.2, 0.25) is 0 Å². The number of aromatic nitrogens is 1. The highest BCUT2D eigenvalue weighted by molar-refractivity contribution is 5.97. The van der Waals surface area contributed by atoms with Gasteiger partial charge in [-0.15, -0.1) is 0 Å². The van der Waals surface area contributed by atoms with Crippen LogP contribution in [-0.4, -0.2) is 17.4 Å². The summed E-state index contributed by atoms with van der Waals surface area (Å²) in [4.78, 5) is 16.6. The van der Waals surface area contributed by atoms with Crippen molar-refractivity contribution in [3.8, 4) is 0 Å². The van der Waals surface area contributed by atoms with Gasteiger partial charge in [-0.1, -0.05) is 36.9 Å². The molecule has 0 unspecified atom stereocenters. The molecule has 0 fully saturated rings. The molecule has 1 aromatic heterocycles. The molecule has 23 heavy (non-hydrogen) atoms. The van der Waals surface area contributed by atoms with Crippen molar-refractivity contribution in [1.82, 2.24) is 4.98 Å². The Balaban J connectivity index is 2.23. The number of nitrogens with two attached hydrogens (primary N) is 1. The minimum Gasteiger partial charge on any atom is -0.329 e. The molecule has 1 atom stereocenters. The highest BCUT2D eigenvalue weighted by Gasteiger charge is 2.19. The monoisotopic (exact) mass is 307 g/mol. The van der Waals surface area contributed by atoms with Crippen LogP contribution >= 0.6 is 0 Å². The number of nitrogens with zero attached hydrogens (tertiary/aromatic N) is 1. The van der Waals surface area contributed by atoms with Gasteiger partial charge in [-0.3, -0.25) is 9.78 Å². The van der Waals surface area contributed by atoms with Gasteiger partial charge < -0.3 is 11.1 Å². The third-order valence-electron chi connectivity index (χ3n) is 3.53. The molecule has 1 heterocycles. The standard InChI is InChI=1S/C19H21N3O/c1-3-5-14(6-4-2)18(12-20)19(23)22-17-8-7-16-13-21-10-9-15(16)11-17/h3-11,13,18H,1,12,20H2,2H3,(H,22,23)/b6-4-,14-5+/t18-/m1/s1. The topological polar surface area (TPSA) is 68.0 Å². The van der Waals surface area contributed by atoms with Crippen molar-refractivity contribution >= 4 is 22.4 Å². The maximum Gasteiger partial charge on any atom is 0.233 e. The SMILES string of the molecule is C=C/C=C(\C=C/C)[C@@H](CN)C(=O)Nc1ccc2cnccc2c1. The molecule has 0 spiro atoms. The van der Waals surface area contributed by atoms with Crippen LogP contribution in [0.3, 0.4) is 0 Å². The number of benzene rings is 1. The summed E-state index contributed by atoms with van der Waals surface area (Å²) in [6, 6.07) is 7.63. The van der Waals surface area contributed by atoms with Gasteiger partial charge in [0.25, 0.3) is 0 Å². The van der Waals surface area contributed by atoms with Crippen LogP contribution in [0.15, 0.2) is 73.1 Å². The van der Waals surface area contributed by atoms with Gasteiger partial charge in [0.1, 0.15) is 0 Å². The molecule has 3 N–H and O–H groups in total. The summed E-state index contributed by atoms with van der Waals surface area (Å²) in [6.07, 6.45) is 10.8.